The van der Waals surface area contributed by atoms with E-state index in [9.17, 15) is 4.79 Å². The second-order valence-corrected chi connectivity index (χ2v) is 7.05. The monoisotopic (exact) mass is 393 g/mol. The molecule has 0 radical (unpaired) electrons. The summed E-state index contributed by atoms with van der Waals surface area (Å²) in [5.41, 5.74) is 2.64. The lowest BCUT2D eigenvalue weighted by molar-refractivity contribution is 0.392. The molecule has 0 spiro atoms. The first kappa shape index (κ1) is 16.3. The number of rotatable bonds is 4. The minimum Gasteiger partial charge on any atom is -0.361 e. The van der Waals surface area contributed by atoms with Crippen LogP contribution in [0.25, 0.3) is 10.9 Å². The third kappa shape index (κ3) is 3.07. The third-order valence-electron chi connectivity index (χ3n) is 3.72. The Morgan fingerprint density at radius 3 is 2.78 bits per heavy atom. The standard InChI is InChI=1S/C16H16BrN3O2S/c1-4-20-15(21)12-7-11(17)5-6-14(12)18-16(20)23-8-13-9(2)19-22-10(13)3/h5-7H,4,8H2,1-3H3. The molecule has 0 N–H and O–H groups in total. The molecule has 0 bridgehead atoms. The van der Waals surface area contributed by atoms with Gasteiger partial charge < -0.3 is 4.52 Å². The number of fused-ring (bicyclic) bond motifs is 1. The van der Waals surface area contributed by atoms with Gasteiger partial charge in [-0.25, -0.2) is 4.98 Å². The number of aromatic nitrogens is 3. The van der Waals surface area contributed by atoms with Crippen molar-refractivity contribution in [3.63, 3.8) is 0 Å². The first-order valence-electron chi connectivity index (χ1n) is 7.26. The first-order chi connectivity index (χ1) is 11.0. The summed E-state index contributed by atoms with van der Waals surface area (Å²) in [7, 11) is 0. The molecule has 3 aromatic rings. The van der Waals surface area contributed by atoms with Gasteiger partial charge >= 0.3 is 0 Å². The lowest BCUT2D eigenvalue weighted by atomic mass is 10.2. The second kappa shape index (κ2) is 6.49. The molecule has 2 aromatic heterocycles. The highest BCUT2D eigenvalue weighted by Gasteiger charge is 2.14. The van der Waals surface area contributed by atoms with Gasteiger partial charge in [0.15, 0.2) is 5.16 Å². The van der Waals surface area contributed by atoms with Gasteiger partial charge in [-0.05, 0) is 39.0 Å². The van der Waals surface area contributed by atoms with Crippen LogP contribution in [-0.4, -0.2) is 14.7 Å². The van der Waals surface area contributed by atoms with Gasteiger partial charge in [-0.3, -0.25) is 9.36 Å². The van der Waals surface area contributed by atoms with E-state index in [1.54, 1.807) is 4.57 Å². The Morgan fingerprint density at radius 1 is 1.35 bits per heavy atom. The van der Waals surface area contributed by atoms with Crippen LogP contribution in [0.2, 0.25) is 0 Å². The van der Waals surface area contributed by atoms with Gasteiger partial charge in [0.1, 0.15) is 5.76 Å². The Kier molecular flexibility index (Phi) is 4.59. The first-order valence-corrected chi connectivity index (χ1v) is 9.03. The normalized spacial score (nSPS) is 11.3. The largest absolute Gasteiger partial charge is 0.361 e. The topological polar surface area (TPSA) is 60.9 Å². The van der Waals surface area contributed by atoms with Crippen LogP contribution in [0.3, 0.4) is 0 Å². The van der Waals surface area contributed by atoms with Gasteiger partial charge in [0.05, 0.1) is 16.6 Å². The quantitative estimate of drug-likeness (QED) is 0.493. The fraction of sp³-hybridized carbons (Fsp3) is 0.312. The summed E-state index contributed by atoms with van der Waals surface area (Å²) in [4.78, 5) is 17.3. The molecule has 0 amide bonds. The van der Waals surface area contributed by atoms with E-state index in [2.05, 4.69) is 26.1 Å². The molecule has 0 aliphatic heterocycles. The van der Waals surface area contributed by atoms with E-state index in [0.29, 0.717) is 28.4 Å². The molecular weight excluding hydrogens is 378 g/mol. The van der Waals surface area contributed by atoms with Crippen LogP contribution in [0.5, 0.6) is 0 Å². The van der Waals surface area contributed by atoms with Crippen molar-refractivity contribution >= 4 is 38.6 Å². The average molecular weight is 394 g/mol. The van der Waals surface area contributed by atoms with Crippen molar-refractivity contribution in [3.05, 3.63) is 50.0 Å². The molecule has 3 rings (SSSR count). The Morgan fingerprint density at radius 2 is 2.13 bits per heavy atom. The summed E-state index contributed by atoms with van der Waals surface area (Å²) in [5.74, 6) is 1.49. The Bertz CT molecular complexity index is 913. The molecule has 0 atom stereocenters. The number of hydrogen-bond donors (Lipinski definition) is 0. The highest BCUT2D eigenvalue weighted by Crippen LogP contribution is 2.26. The second-order valence-electron chi connectivity index (χ2n) is 5.20. The molecule has 0 unspecified atom stereocenters. The third-order valence-corrected chi connectivity index (χ3v) is 5.22. The van der Waals surface area contributed by atoms with Crippen molar-refractivity contribution in [1.82, 2.24) is 14.7 Å². The van der Waals surface area contributed by atoms with Gasteiger partial charge in [-0.15, -0.1) is 0 Å². The maximum atomic E-state index is 12.7. The van der Waals surface area contributed by atoms with Crippen LogP contribution < -0.4 is 5.56 Å². The maximum Gasteiger partial charge on any atom is 0.262 e. The van der Waals surface area contributed by atoms with E-state index in [-0.39, 0.29) is 5.56 Å². The number of halogens is 1. The van der Waals surface area contributed by atoms with Gasteiger partial charge in [-0.2, -0.15) is 0 Å². The van der Waals surface area contributed by atoms with Crippen LogP contribution in [0, 0.1) is 13.8 Å². The fourth-order valence-corrected chi connectivity index (χ4v) is 3.98. The van der Waals surface area contributed by atoms with Crippen molar-refractivity contribution in [2.75, 3.05) is 0 Å². The molecule has 0 saturated heterocycles. The summed E-state index contributed by atoms with van der Waals surface area (Å²) in [6.07, 6.45) is 0. The molecule has 1 aromatic carbocycles. The Labute approximate surface area is 146 Å². The van der Waals surface area contributed by atoms with Gasteiger partial charge in [0, 0.05) is 22.3 Å². The molecule has 2 heterocycles. The maximum absolute atomic E-state index is 12.7. The van der Waals surface area contributed by atoms with Crippen molar-refractivity contribution in [2.24, 2.45) is 0 Å². The summed E-state index contributed by atoms with van der Waals surface area (Å²) < 4.78 is 7.77. The molecule has 23 heavy (non-hydrogen) atoms. The lowest BCUT2D eigenvalue weighted by Crippen LogP contribution is -2.22. The molecule has 0 aliphatic carbocycles. The summed E-state index contributed by atoms with van der Waals surface area (Å²) >= 11 is 4.94. The Hall–Kier alpha value is -1.60. The van der Waals surface area contributed by atoms with Crippen molar-refractivity contribution in [3.8, 4) is 0 Å². The number of benzene rings is 1. The zero-order chi connectivity index (χ0) is 16.6. The summed E-state index contributed by atoms with van der Waals surface area (Å²) in [5, 5.41) is 5.31. The van der Waals surface area contributed by atoms with E-state index in [1.165, 1.54) is 11.8 Å². The van der Waals surface area contributed by atoms with Crippen LogP contribution in [0.15, 0.2) is 37.1 Å². The van der Waals surface area contributed by atoms with E-state index in [1.807, 2.05) is 39.0 Å². The summed E-state index contributed by atoms with van der Waals surface area (Å²) in [6, 6.07) is 5.58. The van der Waals surface area contributed by atoms with Crippen LogP contribution >= 0.6 is 27.7 Å². The lowest BCUT2D eigenvalue weighted by Gasteiger charge is -2.11. The molecule has 5 nitrogen and oxygen atoms in total. The number of nitrogens with zero attached hydrogens (tertiary/aromatic N) is 3. The smallest absolute Gasteiger partial charge is 0.262 e. The molecule has 0 aliphatic rings. The number of aryl methyl sites for hydroxylation is 2. The zero-order valence-electron chi connectivity index (χ0n) is 13.1. The van der Waals surface area contributed by atoms with Gasteiger partial charge in [-0.1, -0.05) is 32.8 Å². The SMILES string of the molecule is CCn1c(SCc2c(C)noc2C)nc2ccc(Br)cc2c1=O. The predicted molar refractivity (Wildman–Crippen MR) is 94.9 cm³/mol. The summed E-state index contributed by atoms with van der Waals surface area (Å²) in [6.45, 7) is 6.35. The van der Waals surface area contributed by atoms with Crippen molar-refractivity contribution in [2.45, 2.75) is 38.2 Å². The van der Waals surface area contributed by atoms with Crippen molar-refractivity contribution < 1.29 is 4.52 Å². The molecular formula is C16H16BrN3O2S. The van der Waals surface area contributed by atoms with Crippen molar-refractivity contribution in [1.29, 1.82) is 0 Å². The highest BCUT2D eigenvalue weighted by atomic mass is 79.9. The van der Waals surface area contributed by atoms with E-state index < -0.39 is 0 Å². The number of hydrogen-bond acceptors (Lipinski definition) is 5. The minimum absolute atomic E-state index is 0.0138. The molecule has 0 saturated carbocycles. The minimum atomic E-state index is -0.0138. The predicted octanol–water partition coefficient (Wildman–Crippen LogP) is 4.08. The molecule has 0 fully saturated rings. The average Bonchev–Trinajstić information content (AvgIpc) is 2.85. The van der Waals surface area contributed by atoms with E-state index in [0.717, 1.165) is 21.5 Å². The van der Waals surface area contributed by atoms with Crippen LogP contribution in [-0.2, 0) is 12.3 Å². The van der Waals surface area contributed by atoms with Gasteiger partial charge in [0.25, 0.3) is 5.56 Å². The Balaban J connectivity index is 2.03. The van der Waals surface area contributed by atoms with E-state index >= 15 is 0 Å². The highest BCUT2D eigenvalue weighted by molar-refractivity contribution is 9.10. The zero-order valence-corrected chi connectivity index (χ0v) is 15.5. The van der Waals surface area contributed by atoms with E-state index in [4.69, 9.17) is 4.52 Å². The molecule has 7 heteroatoms. The van der Waals surface area contributed by atoms with Crippen LogP contribution in [0.1, 0.15) is 23.9 Å². The van der Waals surface area contributed by atoms with Gasteiger partial charge in [0.2, 0.25) is 0 Å². The van der Waals surface area contributed by atoms with Crippen LogP contribution in [0.4, 0.5) is 0 Å². The number of thioether (sulfide) groups is 1. The fourth-order valence-electron chi connectivity index (χ4n) is 2.41. The molecule has 120 valence electrons.